The van der Waals surface area contributed by atoms with Crippen LogP contribution in [0.25, 0.3) is 0 Å². The molecule has 0 fully saturated rings. The SMILES string of the molecule is O=C(Nc1c(F)c(F)c(F)c(F)c1F)c1ccc(Cn2nc(C(F)F)cc2C(F)F)o1. The largest absolute Gasteiger partial charge is 0.454 e. The Balaban J connectivity index is 1.83. The van der Waals surface area contributed by atoms with Gasteiger partial charge < -0.3 is 9.73 Å². The third kappa shape index (κ3) is 4.22. The van der Waals surface area contributed by atoms with E-state index in [-0.39, 0.29) is 5.76 Å². The molecule has 2 heterocycles. The van der Waals surface area contributed by atoms with Crippen molar-refractivity contribution >= 4 is 11.6 Å². The number of nitrogens with one attached hydrogen (secondary N) is 1. The van der Waals surface area contributed by atoms with E-state index in [4.69, 9.17) is 4.42 Å². The van der Waals surface area contributed by atoms with E-state index >= 15 is 0 Å². The lowest BCUT2D eigenvalue weighted by Crippen LogP contribution is -2.16. The Morgan fingerprint density at radius 2 is 1.52 bits per heavy atom. The predicted molar refractivity (Wildman–Crippen MR) is 84.1 cm³/mol. The molecule has 2 aromatic heterocycles. The van der Waals surface area contributed by atoms with Crippen LogP contribution in [0.3, 0.4) is 0 Å². The Morgan fingerprint density at radius 1 is 0.935 bits per heavy atom. The summed E-state index contributed by atoms with van der Waals surface area (Å²) in [6.45, 7) is -0.623. The van der Waals surface area contributed by atoms with E-state index in [2.05, 4.69) is 5.10 Å². The van der Waals surface area contributed by atoms with Crippen molar-refractivity contribution in [3.63, 3.8) is 0 Å². The third-order valence-corrected chi connectivity index (χ3v) is 3.92. The number of carbonyl (C=O) groups is 1. The molecule has 0 aliphatic rings. The second-order valence-electron chi connectivity index (χ2n) is 5.92. The molecule has 5 nitrogen and oxygen atoms in total. The van der Waals surface area contributed by atoms with Gasteiger partial charge in [-0.3, -0.25) is 9.48 Å². The Labute approximate surface area is 166 Å². The van der Waals surface area contributed by atoms with E-state index < -0.39 is 77.2 Å². The fraction of sp³-hybridized carbons (Fsp3) is 0.176. The smallest absolute Gasteiger partial charge is 0.291 e. The quantitative estimate of drug-likeness (QED) is 0.309. The van der Waals surface area contributed by atoms with E-state index in [1.54, 1.807) is 0 Å². The molecule has 0 aliphatic carbocycles. The minimum Gasteiger partial charge on any atom is -0.454 e. The molecule has 166 valence electrons. The predicted octanol–water partition coefficient (Wildman–Crippen LogP) is 5.35. The number of carbonyl (C=O) groups excluding carboxylic acids is 1. The van der Waals surface area contributed by atoms with E-state index in [1.807, 2.05) is 0 Å². The molecule has 31 heavy (non-hydrogen) atoms. The van der Waals surface area contributed by atoms with Gasteiger partial charge in [0.05, 0.1) is 6.54 Å². The standard InChI is InChI=1S/C17H8F9N3O2/c18-9-10(19)12(21)14(13(22)11(9)20)27-17(30)8-2-1-5(31-8)4-29-7(16(25)26)3-6(28-29)15(23)24/h1-3,15-16H,4H2,(H,27,30). The van der Waals surface area contributed by atoms with Gasteiger partial charge in [0.25, 0.3) is 18.8 Å². The van der Waals surface area contributed by atoms with Crippen LogP contribution in [-0.2, 0) is 6.54 Å². The molecule has 0 atom stereocenters. The molecule has 3 rings (SSSR count). The Kier molecular flexibility index (Phi) is 5.99. The molecule has 3 aromatic rings. The summed E-state index contributed by atoms with van der Waals surface area (Å²) in [6, 6.07) is 2.41. The highest BCUT2D eigenvalue weighted by Crippen LogP contribution is 2.28. The second-order valence-corrected chi connectivity index (χ2v) is 5.92. The zero-order valence-corrected chi connectivity index (χ0v) is 14.7. The van der Waals surface area contributed by atoms with Crippen molar-refractivity contribution in [2.75, 3.05) is 5.32 Å². The van der Waals surface area contributed by atoms with Gasteiger partial charge in [-0.05, 0) is 18.2 Å². The van der Waals surface area contributed by atoms with Crippen molar-refractivity contribution in [3.05, 3.63) is 70.2 Å². The van der Waals surface area contributed by atoms with Crippen molar-refractivity contribution in [2.24, 2.45) is 0 Å². The maximum atomic E-state index is 13.6. The summed E-state index contributed by atoms with van der Waals surface area (Å²) < 4.78 is 124. The summed E-state index contributed by atoms with van der Waals surface area (Å²) in [4.78, 5) is 12.0. The molecule has 0 aliphatic heterocycles. The van der Waals surface area contributed by atoms with Gasteiger partial charge in [-0.15, -0.1) is 0 Å². The van der Waals surface area contributed by atoms with Gasteiger partial charge in [0.1, 0.15) is 22.8 Å². The number of halogens is 9. The maximum Gasteiger partial charge on any atom is 0.291 e. The molecule has 1 aromatic carbocycles. The van der Waals surface area contributed by atoms with Crippen LogP contribution in [-0.4, -0.2) is 15.7 Å². The lowest BCUT2D eigenvalue weighted by Gasteiger charge is -2.09. The first-order valence-corrected chi connectivity index (χ1v) is 8.06. The highest BCUT2D eigenvalue weighted by atomic mass is 19.3. The molecular formula is C17H8F9N3O2. The molecule has 1 amide bonds. The third-order valence-electron chi connectivity index (χ3n) is 3.92. The van der Waals surface area contributed by atoms with E-state index in [0.29, 0.717) is 10.7 Å². The first kappa shape index (κ1) is 22.2. The van der Waals surface area contributed by atoms with Crippen LogP contribution >= 0.6 is 0 Å². The minimum atomic E-state index is -3.16. The second kappa shape index (κ2) is 8.35. The van der Waals surface area contributed by atoms with Crippen LogP contribution in [0.15, 0.2) is 22.6 Å². The first-order valence-electron chi connectivity index (χ1n) is 8.06. The van der Waals surface area contributed by atoms with Crippen molar-refractivity contribution in [1.29, 1.82) is 0 Å². The summed E-state index contributed by atoms with van der Waals surface area (Å²) in [6.07, 6.45) is -6.29. The average molecular weight is 457 g/mol. The number of anilines is 1. The number of alkyl halides is 4. The minimum absolute atomic E-state index is 0.256. The molecule has 1 N–H and O–H groups in total. The van der Waals surface area contributed by atoms with Crippen LogP contribution in [0.4, 0.5) is 45.2 Å². The highest BCUT2D eigenvalue weighted by Gasteiger charge is 2.28. The summed E-state index contributed by atoms with van der Waals surface area (Å²) in [5, 5.41) is 4.77. The van der Waals surface area contributed by atoms with Crippen LogP contribution in [0, 0.1) is 29.1 Å². The van der Waals surface area contributed by atoms with Gasteiger partial charge in [0.15, 0.2) is 29.0 Å². The average Bonchev–Trinajstić information content (AvgIpc) is 3.36. The van der Waals surface area contributed by atoms with Gasteiger partial charge in [-0.25, -0.2) is 39.5 Å². The Morgan fingerprint density at radius 3 is 2.06 bits per heavy atom. The number of hydrogen-bond acceptors (Lipinski definition) is 3. The molecular weight excluding hydrogens is 449 g/mol. The molecule has 0 bridgehead atoms. The molecule has 0 saturated heterocycles. The van der Waals surface area contributed by atoms with Crippen LogP contribution < -0.4 is 5.32 Å². The number of aromatic nitrogens is 2. The van der Waals surface area contributed by atoms with Gasteiger partial charge in [-0.1, -0.05) is 0 Å². The van der Waals surface area contributed by atoms with Gasteiger partial charge in [-0.2, -0.15) is 5.10 Å². The lowest BCUT2D eigenvalue weighted by molar-refractivity contribution is 0.0992. The van der Waals surface area contributed by atoms with Crippen molar-refractivity contribution < 1.29 is 48.7 Å². The zero-order valence-electron chi connectivity index (χ0n) is 14.7. The number of nitrogens with zero attached hydrogens (tertiary/aromatic N) is 2. The Hall–Kier alpha value is -3.45. The number of amides is 1. The fourth-order valence-corrected chi connectivity index (χ4v) is 2.48. The van der Waals surface area contributed by atoms with E-state index in [9.17, 15) is 44.3 Å². The van der Waals surface area contributed by atoms with E-state index in [0.717, 1.165) is 12.1 Å². The van der Waals surface area contributed by atoms with E-state index in [1.165, 1.54) is 5.32 Å². The van der Waals surface area contributed by atoms with Crippen LogP contribution in [0.1, 0.15) is 40.6 Å². The fourth-order valence-electron chi connectivity index (χ4n) is 2.48. The summed E-state index contributed by atoms with van der Waals surface area (Å²) in [5.74, 6) is -14.0. The monoisotopic (exact) mass is 457 g/mol. The summed E-state index contributed by atoms with van der Waals surface area (Å²) in [7, 11) is 0. The van der Waals surface area contributed by atoms with Crippen LogP contribution in [0.2, 0.25) is 0 Å². The van der Waals surface area contributed by atoms with Crippen LogP contribution in [0.5, 0.6) is 0 Å². The maximum absolute atomic E-state index is 13.6. The van der Waals surface area contributed by atoms with Gasteiger partial charge in [0, 0.05) is 0 Å². The number of rotatable bonds is 6. The summed E-state index contributed by atoms with van der Waals surface area (Å²) in [5.41, 5.74) is -3.42. The molecule has 0 saturated carbocycles. The topological polar surface area (TPSA) is 60.1 Å². The van der Waals surface area contributed by atoms with Crippen molar-refractivity contribution in [3.8, 4) is 0 Å². The van der Waals surface area contributed by atoms with Gasteiger partial charge >= 0.3 is 0 Å². The van der Waals surface area contributed by atoms with Crippen molar-refractivity contribution in [2.45, 2.75) is 19.4 Å². The number of hydrogen-bond donors (Lipinski definition) is 1. The first-order chi connectivity index (χ1) is 14.5. The highest BCUT2D eigenvalue weighted by molar-refractivity contribution is 6.02. The zero-order chi connectivity index (χ0) is 23.0. The molecule has 0 spiro atoms. The molecule has 0 unspecified atom stereocenters. The molecule has 14 heteroatoms. The Bertz CT molecular complexity index is 1110. The summed E-state index contributed by atoms with van der Waals surface area (Å²) >= 11 is 0. The molecule has 0 radical (unpaired) electrons. The number of benzene rings is 1. The lowest BCUT2D eigenvalue weighted by atomic mass is 10.2. The number of furan rings is 1. The normalized spacial score (nSPS) is 11.6. The van der Waals surface area contributed by atoms with Crippen molar-refractivity contribution in [1.82, 2.24) is 9.78 Å². The van der Waals surface area contributed by atoms with Gasteiger partial charge in [0.2, 0.25) is 5.82 Å².